The molecule has 9 nitrogen and oxygen atoms in total. The summed E-state index contributed by atoms with van der Waals surface area (Å²) >= 11 is 0. The fraction of sp³-hybridized carbons (Fsp3) is 0.400. The second kappa shape index (κ2) is 9.72. The Kier molecular flexibility index (Phi) is 6.83. The molecule has 9 heteroatoms. The van der Waals surface area contributed by atoms with E-state index in [0.717, 1.165) is 17.1 Å². The maximum Gasteiger partial charge on any atom is 0.224 e. The summed E-state index contributed by atoms with van der Waals surface area (Å²) in [4.78, 5) is 32.1. The van der Waals surface area contributed by atoms with Crippen molar-refractivity contribution in [2.45, 2.75) is 19.8 Å². The zero-order chi connectivity index (χ0) is 20.6. The number of methoxy groups -OCH3 is 1. The molecule has 1 aromatic heterocycles. The maximum atomic E-state index is 12.1. The minimum absolute atomic E-state index is 0.00589. The highest BCUT2D eigenvalue weighted by atomic mass is 16.5. The van der Waals surface area contributed by atoms with E-state index in [2.05, 4.69) is 31.2 Å². The molecule has 29 heavy (non-hydrogen) atoms. The van der Waals surface area contributed by atoms with Crippen LogP contribution in [0.4, 0.5) is 17.5 Å². The summed E-state index contributed by atoms with van der Waals surface area (Å²) < 4.78 is 5.16. The van der Waals surface area contributed by atoms with Crippen LogP contribution in [0.2, 0.25) is 0 Å². The van der Waals surface area contributed by atoms with E-state index in [4.69, 9.17) is 4.74 Å². The lowest BCUT2D eigenvalue weighted by atomic mass is 9.98. The molecule has 0 bridgehead atoms. The number of ether oxygens (including phenoxy) is 1. The first-order chi connectivity index (χ1) is 14.0. The minimum atomic E-state index is -0.164. The number of aromatic nitrogens is 2. The Hall–Kier alpha value is -3.36. The van der Waals surface area contributed by atoms with Gasteiger partial charge in [0.05, 0.1) is 13.0 Å². The van der Waals surface area contributed by atoms with Gasteiger partial charge < -0.3 is 26.0 Å². The molecule has 0 saturated carbocycles. The number of hydrogen-bond acceptors (Lipinski definition) is 7. The summed E-state index contributed by atoms with van der Waals surface area (Å²) in [6, 6.07) is 9.42. The predicted molar refractivity (Wildman–Crippen MR) is 110 cm³/mol. The topological polar surface area (TPSA) is 117 Å². The molecule has 0 aliphatic carbocycles. The second-order valence-corrected chi connectivity index (χ2v) is 6.83. The lowest BCUT2D eigenvalue weighted by Gasteiger charge is -2.21. The molecule has 0 radical (unpaired) electrons. The van der Waals surface area contributed by atoms with E-state index in [9.17, 15) is 9.59 Å². The fourth-order valence-corrected chi connectivity index (χ4v) is 2.99. The predicted octanol–water partition coefficient (Wildman–Crippen LogP) is 1.59. The molecule has 4 N–H and O–H groups in total. The van der Waals surface area contributed by atoms with Gasteiger partial charge in [0.25, 0.3) is 0 Å². The number of carbonyl (C=O) groups excluding carboxylic acids is 2. The van der Waals surface area contributed by atoms with Gasteiger partial charge >= 0.3 is 0 Å². The van der Waals surface area contributed by atoms with Crippen LogP contribution < -0.4 is 26.0 Å². The minimum Gasteiger partial charge on any atom is -0.497 e. The van der Waals surface area contributed by atoms with E-state index >= 15 is 0 Å². The fourth-order valence-electron chi connectivity index (χ4n) is 2.99. The van der Waals surface area contributed by atoms with Crippen molar-refractivity contribution < 1.29 is 14.3 Å². The van der Waals surface area contributed by atoms with Crippen molar-refractivity contribution in [2.75, 3.05) is 37.4 Å². The van der Waals surface area contributed by atoms with E-state index in [-0.39, 0.29) is 17.7 Å². The SMILES string of the molecule is COc1ccc(Nc2cc(C)nc(NCCNC(=O)C3CCC(=O)NC3)n2)cc1. The third-order valence-electron chi connectivity index (χ3n) is 4.56. The number of piperidine rings is 1. The normalized spacial score (nSPS) is 15.9. The van der Waals surface area contributed by atoms with E-state index in [1.165, 1.54) is 0 Å². The molecular weight excluding hydrogens is 372 g/mol. The van der Waals surface area contributed by atoms with Gasteiger partial charge in [0, 0.05) is 43.5 Å². The van der Waals surface area contributed by atoms with Gasteiger partial charge in [-0.2, -0.15) is 4.98 Å². The van der Waals surface area contributed by atoms with Crippen LogP contribution in [0.3, 0.4) is 0 Å². The first-order valence-electron chi connectivity index (χ1n) is 9.58. The number of amides is 2. The highest BCUT2D eigenvalue weighted by Crippen LogP contribution is 2.20. The van der Waals surface area contributed by atoms with Crippen LogP contribution in [-0.2, 0) is 9.59 Å². The van der Waals surface area contributed by atoms with Crippen LogP contribution in [0.5, 0.6) is 5.75 Å². The first-order valence-corrected chi connectivity index (χ1v) is 9.58. The Morgan fingerprint density at radius 2 is 2.03 bits per heavy atom. The van der Waals surface area contributed by atoms with Gasteiger partial charge in [0.2, 0.25) is 17.8 Å². The van der Waals surface area contributed by atoms with Gasteiger partial charge in [-0.05, 0) is 37.6 Å². The van der Waals surface area contributed by atoms with Crippen LogP contribution in [0, 0.1) is 12.8 Å². The number of aryl methyl sites for hydroxylation is 1. The summed E-state index contributed by atoms with van der Waals surface area (Å²) in [5, 5.41) is 12.0. The Labute approximate surface area is 169 Å². The number of benzene rings is 1. The monoisotopic (exact) mass is 398 g/mol. The molecule has 2 heterocycles. The average Bonchev–Trinajstić information content (AvgIpc) is 2.72. The van der Waals surface area contributed by atoms with E-state index < -0.39 is 0 Å². The molecule has 2 amide bonds. The average molecular weight is 398 g/mol. The summed E-state index contributed by atoms with van der Waals surface area (Å²) in [6.45, 7) is 3.24. The first kappa shape index (κ1) is 20.4. The van der Waals surface area contributed by atoms with Crippen LogP contribution in [0.1, 0.15) is 18.5 Å². The summed E-state index contributed by atoms with van der Waals surface area (Å²) in [7, 11) is 1.63. The molecular formula is C20H26N6O3. The van der Waals surface area contributed by atoms with Gasteiger partial charge in [-0.15, -0.1) is 0 Å². The van der Waals surface area contributed by atoms with Gasteiger partial charge in [-0.1, -0.05) is 0 Å². The van der Waals surface area contributed by atoms with Crippen molar-refractivity contribution in [1.29, 1.82) is 0 Å². The summed E-state index contributed by atoms with van der Waals surface area (Å²) in [5.74, 6) is 1.75. The van der Waals surface area contributed by atoms with Crippen molar-refractivity contribution in [3.8, 4) is 5.75 Å². The Balaban J connectivity index is 1.48. The smallest absolute Gasteiger partial charge is 0.224 e. The van der Waals surface area contributed by atoms with E-state index in [1.807, 2.05) is 37.3 Å². The summed E-state index contributed by atoms with van der Waals surface area (Å²) in [6.07, 6.45) is 0.990. The molecule has 154 valence electrons. The molecule has 1 fully saturated rings. The molecule has 1 aliphatic rings. The van der Waals surface area contributed by atoms with Crippen molar-refractivity contribution in [3.63, 3.8) is 0 Å². The maximum absolute atomic E-state index is 12.1. The lowest BCUT2D eigenvalue weighted by molar-refractivity contribution is -0.128. The van der Waals surface area contributed by atoms with Crippen molar-refractivity contribution in [1.82, 2.24) is 20.6 Å². The molecule has 1 saturated heterocycles. The molecule has 1 atom stereocenters. The second-order valence-electron chi connectivity index (χ2n) is 6.83. The molecule has 1 unspecified atom stereocenters. The van der Waals surface area contributed by atoms with E-state index in [1.54, 1.807) is 7.11 Å². The quantitative estimate of drug-likeness (QED) is 0.499. The standard InChI is InChI=1S/C20H26N6O3/c1-13-11-17(25-15-4-6-16(29-2)7-5-15)26-20(24-13)22-10-9-21-19(28)14-3-8-18(27)23-12-14/h4-7,11,14H,3,8-10,12H2,1-2H3,(H,21,28)(H,23,27)(H2,22,24,25,26). The third-order valence-corrected chi connectivity index (χ3v) is 4.56. The van der Waals surface area contributed by atoms with Crippen LogP contribution in [0.15, 0.2) is 30.3 Å². The lowest BCUT2D eigenvalue weighted by Crippen LogP contribution is -2.43. The number of hydrogen-bond donors (Lipinski definition) is 4. The third kappa shape index (κ3) is 6.06. The number of nitrogens with zero attached hydrogens (tertiary/aromatic N) is 2. The van der Waals surface area contributed by atoms with Crippen molar-refractivity contribution in [2.24, 2.45) is 5.92 Å². The largest absolute Gasteiger partial charge is 0.497 e. The molecule has 0 spiro atoms. The van der Waals surface area contributed by atoms with Gasteiger partial charge in [-0.3, -0.25) is 9.59 Å². The van der Waals surface area contributed by atoms with Gasteiger partial charge in [-0.25, -0.2) is 4.98 Å². The van der Waals surface area contributed by atoms with Gasteiger partial charge in [0.15, 0.2) is 0 Å². The number of anilines is 3. The zero-order valence-electron chi connectivity index (χ0n) is 16.6. The molecule has 1 aliphatic heterocycles. The van der Waals surface area contributed by atoms with Crippen LogP contribution >= 0.6 is 0 Å². The number of nitrogens with one attached hydrogen (secondary N) is 4. The number of rotatable bonds is 8. The molecule has 3 rings (SSSR count). The molecule has 1 aromatic carbocycles. The van der Waals surface area contributed by atoms with Gasteiger partial charge in [0.1, 0.15) is 11.6 Å². The Morgan fingerprint density at radius 3 is 2.72 bits per heavy atom. The highest BCUT2D eigenvalue weighted by molar-refractivity contribution is 5.83. The zero-order valence-corrected chi connectivity index (χ0v) is 16.6. The Bertz CT molecular complexity index is 846. The number of carbonyl (C=O) groups is 2. The van der Waals surface area contributed by atoms with E-state index in [0.29, 0.717) is 44.2 Å². The van der Waals surface area contributed by atoms with Crippen LogP contribution in [-0.4, -0.2) is 48.5 Å². The molecule has 2 aromatic rings. The van der Waals surface area contributed by atoms with Crippen molar-refractivity contribution in [3.05, 3.63) is 36.0 Å². The van der Waals surface area contributed by atoms with Crippen molar-refractivity contribution >= 4 is 29.3 Å². The highest BCUT2D eigenvalue weighted by Gasteiger charge is 2.23. The summed E-state index contributed by atoms with van der Waals surface area (Å²) in [5.41, 5.74) is 1.71. The van der Waals surface area contributed by atoms with Crippen LogP contribution in [0.25, 0.3) is 0 Å². The Morgan fingerprint density at radius 1 is 1.24 bits per heavy atom.